The molecule has 2 N–H and O–H groups in total. The van der Waals surface area contributed by atoms with Gasteiger partial charge in [0.1, 0.15) is 0 Å². The second-order valence-corrected chi connectivity index (χ2v) is 2.62. The van der Waals surface area contributed by atoms with E-state index in [9.17, 15) is 0 Å². The second-order valence-electron chi connectivity index (χ2n) is 2.10. The van der Waals surface area contributed by atoms with E-state index in [0.717, 1.165) is 6.42 Å². The van der Waals surface area contributed by atoms with Crippen molar-refractivity contribution in [2.24, 2.45) is 5.14 Å². The molecule has 0 aliphatic rings. The molecule has 0 heterocycles. The molecule has 0 saturated carbocycles. The van der Waals surface area contributed by atoms with Gasteiger partial charge in [-0.1, -0.05) is 37.3 Å². The fraction of sp³-hybridized carbons (Fsp3) is 0.250. The quantitative estimate of drug-likeness (QED) is 0.443. The molecule has 5 heteroatoms. The van der Waals surface area contributed by atoms with Crippen molar-refractivity contribution in [2.45, 2.75) is 13.3 Å². The van der Waals surface area contributed by atoms with Crippen molar-refractivity contribution in [3.05, 3.63) is 35.9 Å². The fourth-order valence-corrected chi connectivity index (χ4v) is 0.714. The maximum absolute atomic E-state index is 8.78. The maximum Gasteiger partial charge on any atom is 1.00 e. The van der Waals surface area contributed by atoms with E-state index in [1.807, 2.05) is 6.07 Å². The van der Waals surface area contributed by atoms with Crippen LogP contribution in [-0.4, -0.2) is 8.76 Å². The van der Waals surface area contributed by atoms with Gasteiger partial charge in [-0.25, -0.2) is 0 Å². The van der Waals surface area contributed by atoms with Crippen LogP contribution in [0, 0.1) is 0 Å². The summed E-state index contributed by atoms with van der Waals surface area (Å²) in [6, 6.07) is 10.5. The largest absolute Gasteiger partial charge is 1.00 e. The van der Waals surface area contributed by atoms with E-state index >= 15 is 0 Å². The minimum atomic E-state index is -2.36. The summed E-state index contributed by atoms with van der Waals surface area (Å²) in [5.41, 5.74) is 1.41. The topological polar surface area (TPSA) is 66.2 Å². The summed E-state index contributed by atoms with van der Waals surface area (Å²) in [7, 11) is 0. The van der Waals surface area contributed by atoms with E-state index in [0.29, 0.717) is 0 Å². The van der Waals surface area contributed by atoms with Crippen LogP contribution in [0.15, 0.2) is 30.3 Å². The first-order chi connectivity index (χ1) is 5.66. The average Bonchev–Trinajstić information content (AvgIpc) is 2.05. The Bertz CT molecular complexity index is 227. The number of nitrogens with two attached hydrogens (primary N) is 1. The molecule has 0 aliphatic heterocycles. The van der Waals surface area contributed by atoms with E-state index in [2.05, 4.69) is 36.3 Å². The van der Waals surface area contributed by atoms with Crippen molar-refractivity contribution in [2.75, 3.05) is 0 Å². The third kappa shape index (κ3) is 12.9. The molecular formula is C8H12KNO2S. The Morgan fingerprint density at radius 3 is 2.00 bits per heavy atom. The molecule has 1 atom stereocenters. The van der Waals surface area contributed by atoms with Crippen molar-refractivity contribution >= 4 is 11.3 Å². The normalized spacial score (nSPS) is 10.4. The number of hydrogen-bond acceptors (Lipinski definition) is 2. The number of benzene rings is 1. The van der Waals surface area contributed by atoms with Gasteiger partial charge in [-0.15, -0.1) is 0 Å². The van der Waals surface area contributed by atoms with E-state index in [1.165, 1.54) is 5.56 Å². The summed E-state index contributed by atoms with van der Waals surface area (Å²) in [6.45, 7) is 2.16. The van der Waals surface area contributed by atoms with Crippen LogP contribution in [0.3, 0.4) is 0 Å². The van der Waals surface area contributed by atoms with Gasteiger partial charge in [0.05, 0.1) is 0 Å². The summed E-state index contributed by atoms with van der Waals surface area (Å²) in [4.78, 5) is 0. The molecule has 0 spiro atoms. The molecule has 0 fully saturated rings. The molecule has 68 valence electrons. The standard InChI is InChI=1S/C8H10.K.H3NO2S/c1-2-8-6-4-3-5-7-8;;1-4(2)3/h3-7H,2H2,1H3;;1H2,(H,2,3)/q;+1;/p-1. The van der Waals surface area contributed by atoms with Gasteiger partial charge in [0.25, 0.3) is 0 Å². The summed E-state index contributed by atoms with van der Waals surface area (Å²) >= 11 is -2.36. The van der Waals surface area contributed by atoms with Crippen LogP contribution in [-0.2, 0) is 17.7 Å². The molecule has 1 unspecified atom stereocenters. The molecule has 0 bridgehead atoms. The minimum Gasteiger partial charge on any atom is -0.760 e. The van der Waals surface area contributed by atoms with Crippen molar-refractivity contribution in [1.29, 1.82) is 0 Å². The zero-order chi connectivity index (χ0) is 9.40. The van der Waals surface area contributed by atoms with Crippen molar-refractivity contribution in [3.8, 4) is 0 Å². The van der Waals surface area contributed by atoms with E-state index in [-0.39, 0.29) is 51.4 Å². The van der Waals surface area contributed by atoms with Gasteiger partial charge in [-0.3, -0.25) is 9.35 Å². The number of hydrogen-bond donors (Lipinski definition) is 1. The molecule has 13 heavy (non-hydrogen) atoms. The first-order valence-electron chi connectivity index (χ1n) is 3.54. The minimum absolute atomic E-state index is 0. The van der Waals surface area contributed by atoms with Gasteiger partial charge in [0, 0.05) is 11.3 Å². The molecular weight excluding hydrogens is 213 g/mol. The van der Waals surface area contributed by atoms with Gasteiger partial charge in [-0.05, 0) is 12.0 Å². The predicted molar refractivity (Wildman–Crippen MR) is 48.9 cm³/mol. The Kier molecular flexibility index (Phi) is 13.8. The van der Waals surface area contributed by atoms with Gasteiger partial charge in [0.15, 0.2) is 0 Å². The molecule has 0 radical (unpaired) electrons. The Morgan fingerprint density at radius 2 is 1.77 bits per heavy atom. The monoisotopic (exact) mass is 225 g/mol. The Morgan fingerprint density at radius 1 is 1.38 bits per heavy atom. The number of rotatable bonds is 1. The Hall–Kier alpha value is 0.926. The van der Waals surface area contributed by atoms with E-state index in [4.69, 9.17) is 8.76 Å². The molecule has 0 aliphatic carbocycles. The molecule has 3 nitrogen and oxygen atoms in total. The molecule has 1 aromatic rings. The van der Waals surface area contributed by atoms with Crippen LogP contribution < -0.4 is 56.5 Å². The van der Waals surface area contributed by atoms with Crippen LogP contribution in [0.2, 0.25) is 0 Å². The average molecular weight is 225 g/mol. The second kappa shape index (κ2) is 11.0. The third-order valence-electron chi connectivity index (χ3n) is 1.25. The Balaban J connectivity index is 0. The third-order valence-corrected chi connectivity index (χ3v) is 1.25. The maximum atomic E-state index is 8.78. The van der Waals surface area contributed by atoms with Crippen LogP contribution in [0.1, 0.15) is 12.5 Å². The van der Waals surface area contributed by atoms with Crippen LogP contribution in [0.5, 0.6) is 0 Å². The summed E-state index contributed by atoms with van der Waals surface area (Å²) in [6.07, 6.45) is 1.14. The molecule has 0 saturated heterocycles. The van der Waals surface area contributed by atoms with Gasteiger partial charge >= 0.3 is 51.4 Å². The molecule has 0 aromatic heterocycles. The van der Waals surface area contributed by atoms with Gasteiger partial charge in [-0.2, -0.15) is 0 Å². The van der Waals surface area contributed by atoms with E-state index < -0.39 is 11.3 Å². The summed E-state index contributed by atoms with van der Waals surface area (Å²) < 4.78 is 17.6. The van der Waals surface area contributed by atoms with Gasteiger partial charge in [0.2, 0.25) is 0 Å². The fourth-order valence-electron chi connectivity index (χ4n) is 0.714. The van der Waals surface area contributed by atoms with E-state index in [1.54, 1.807) is 0 Å². The van der Waals surface area contributed by atoms with Crippen molar-refractivity contribution in [3.63, 3.8) is 0 Å². The zero-order valence-electron chi connectivity index (χ0n) is 7.90. The smallest absolute Gasteiger partial charge is 0.760 e. The van der Waals surface area contributed by atoms with Crippen molar-refractivity contribution < 1.29 is 60.1 Å². The molecule has 0 amide bonds. The predicted octanol–water partition coefficient (Wildman–Crippen LogP) is -2.01. The summed E-state index contributed by atoms with van der Waals surface area (Å²) in [5, 5.41) is 4.03. The Labute approximate surface area is 124 Å². The van der Waals surface area contributed by atoms with Crippen molar-refractivity contribution in [1.82, 2.24) is 0 Å². The first kappa shape index (κ1) is 16.4. The molecule has 1 aromatic carbocycles. The SMILES string of the molecule is CCc1ccccc1.NS(=O)[O-].[K+]. The number of aryl methyl sites for hydroxylation is 1. The zero-order valence-corrected chi connectivity index (χ0v) is 11.8. The van der Waals surface area contributed by atoms with Crippen LogP contribution in [0.4, 0.5) is 0 Å². The summed E-state index contributed by atoms with van der Waals surface area (Å²) in [5.74, 6) is 0. The molecule has 1 rings (SSSR count). The van der Waals surface area contributed by atoms with Crippen LogP contribution in [0.25, 0.3) is 0 Å². The van der Waals surface area contributed by atoms with Gasteiger partial charge < -0.3 is 4.55 Å². The first-order valence-corrected chi connectivity index (χ1v) is 4.68. The van der Waals surface area contributed by atoms with Crippen LogP contribution >= 0.6 is 0 Å².